The van der Waals surface area contributed by atoms with Crippen LogP contribution in [0.15, 0.2) is 243 Å². The largest absolute Gasteiger partial charge is 0.310 e. The van der Waals surface area contributed by atoms with E-state index in [4.69, 9.17) is 0 Å². The lowest BCUT2D eigenvalue weighted by atomic mass is 9.96. The molecule has 12 aromatic rings. The molecule has 64 heavy (non-hydrogen) atoms. The van der Waals surface area contributed by atoms with Gasteiger partial charge in [-0.25, -0.2) is 0 Å². The first-order chi connectivity index (χ1) is 31.7. The second-order valence-electron chi connectivity index (χ2n) is 16.6. The van der Waals surface area contributed by atoms with Gasteiger partial charge in [0.05, 0.1) is 11.4 Å². The molecule has 2 heteroatoms. The quantitative estimate of drug-likeness (QED) is 0.111. The van der Waals surface area contributed by atoms with Crippen molar-refractivity contribution in [3.63, 3.8) is 0 Å². The number of para-hydroxylation sites is 2. The zero-order chi connectivity index (χ0) is 42.4. The third-order valence-corrected chi connectivity index (χ3v) is 12.7. The molecule has 0 aromatic heterocycles. The van der Waals surface area contributed by atoms with E-state index in [0.717, 1.165) is 45.3 Å². The van der Waals surface area contributed by atoms with Gasteiger partial charge >= 0.3 is 0 Å². The van der Waals surface area contributed by atoms with Gasteiger partial charge in [0.25, 0.3) is 0 Å². The molecule has 0 N–H and O–H groups in total. The first-order valence-electron chi connectivity index (χ1n) is 22.0. The summed E-state index contributed by atoms with van der Waals surface area (Å²) in [5.74, 6) is 0. The molecule has 12 rings (SSSR count). The van der Waals surface area contributed by atoms with Crippen LogP contribution in [-0.4, -0.2) is 0 Å². The highest BCUT2D eigenvalue weighted by molar-refractivity contribution is 6.17. The van der Waals surface area contributed by atoms with E-state index >= 15 is 0 Å². The Morgan fingerprint density at radius 1 is 0.219 bits per heavy atom. The first-order valence-corrected chi connectivity index (χ1v) is 22.0. The third-order valence-electron chi connectivity index (χ3n) is 12.7. The van der Waals surface area contributed by atoms with E-state index in [1.165, 1.54) is 64.6 Å². The number of benzene rings is 12. The average Bonchev–Trinajstić information content (AvgIpc) is 3.36. The molecule has 0 heterocycles. The predicted molar refractivity (Wildman–Crippen MR) is 276 cm³/mol. The van der Waals surface area contributed by atoms with Crippen LogP contribution >= 0.6 is 0 Å². The van der Waals surface area contributed by atoms with Gasteiger partial charge < -0.3 is 9.80 Å². The normalized spacial score (nSPS) is 11.7. The Morgan fingerprint density at radius 2 is 0.578 bits per heavy atom. The Morgan fingerprint density at radius 3 is 1.02 bits per heavy atom. The minimum Gasteiger partial charge on any atom is -0.310 e. The Bertz CT molecular complexity index is 3490. The second kappa shape index (κ2) is 15.8. The molecule has 0 aliphatic rings. The monoisotopic (exact) mass is 814 g/mol. The standard InChI is InChI=1S/C62H42N2/c1-3-19-51(20-4-1)63(53-35-33-45-15-7-9-17-47(45)39-53)61-41-49-31-29-43(37-59(49)55-23-11-13-25-57(55)61)27-28-44-30-32-50-42-62(58-26-14-12-24-56(58)60(50)38-44)64(52-21-5-2-6-22-52)54-36-34-46-16-8-10-18-48(46)40-54/h1-42H. The van der Waals surface area contributed by atoms with Crippen molar-refractivity contribution in [2.24, 2.45) is 0 Å². The van der Waals surface area contributed by atoms with Crippen LogP contribution in [0.4, 0.5) is 34.1 Å². The maximum Gasteiger partial charge on any atom is 0.0546 e. The number of hydrogen-bond donors (Lipinski definition) is 0. The smallest absolute Gasteiger partial charge is 0.0546 e. The van der Waals surface area contributed by atoms with E-state index in [0.29, 0.717) is 0 Å². The fourth-order valence-corrected chi connectivity index (χ4v) is 9.61. The van der Waals surface area contributed by atoms with Gasteiger partial charge in [0.1, 0.15) is 0 Å². The van der Waals surface area contributed by atoms with E-state index in [-0.39, 0.29) is 0 Å². The van der Waals surface area contributed by atoms with Gasteiger partial charge in [0.2, 0.25) is 0 Å². The Hall–Kier alpha value is -8.46. The molecule has 0 bridgehead atoms. The Labute approximate surface area is 372 Å². The van der Waals surface area contributed by atoms with E-state index in [2.05, 4.69) is 265 Å². The van der Waals surface area contributed by atoms with Crippen molar-refractivity contribution >= 4 is 111 Å². The molecule has 0 fully saturated rings. The summed E-state index contributed by atoms with van der Waals surface area (Å²) >= 11 is 0. The summed E-state index contributed by atoms with van der Waals surface area (Å²) in [6, 6.07) is 88.2. The van der Waals surface area contributed by atoms with Crippen molar-refractivity contribution in [2.75, 3.05) is 9.80 Å². The average molecular weight is 815 g/mol. The van der Waals surface area contributed by atoms with Crippen molar-refractivity contribution < 1.29 is 0 Å². The summed E-state index contributed by atoms with van der Waals surface area (Å²) in [5, 5.41) is 14.7. The lowest BCUT2D eigenvalue weighted by Gasteiger charge is -2.28. The van der Waals surface area contributed by atoms with Gasteiger partial charge in [0, 0.05) is 33.5 Å². The molecule has 0 spiro atoms. The van der Waals surface area contributed by atoms with Crippen molar-refractivity contribution in [3.8, 4) is 0 Å². The summed E-state index contributed by atoms with van der Waals surface area (Å²) in [5.41, 5.74) is 9.15. The summed E-state index contributed by atoms with van der Waals surface area (Å²) in [4.78, 5) is 4.80. The van der Waals surface area contributed by atoms with Crippen LogP contribution in [0.1, 0.15) is 11.1 Å². The number of nitrogens with zero attached hydrogens (tertiary/aromatic N) is 2. The van der Waals surface area contributed by atoms with Gasteiger partial charge in [0.15, 0.2) is 0 Å². The number of fused-ring (bicyclic) bond motifs is 8. The molecule has 2 nitrogen and oxygen atoms in total. The van der Waals surface area contributed by atoms with Crippen molar-refractivity contribution in [1.82, 2.24) is 0 Å². The van der Waals surface area contributed by atoms with Gasteiger partial charge in [-0.1, -0.05) is 182 Å². The molecule has 0 amide bonds. The molecule has 0 aliphatic heterocycles. The van der Waals surface area contributed by atoms with Gasteiger partial charge in [-0.15, -0.1) is 0 Å². The maximum atomic E-state index is 2.40. The molecule has 0 atom stereocenters. The molecule has 0 saturated carbocycles. The lowest BCUT2D eigenvalue weighted by Crippen LogP contribution is -2.10. The van der Waals surface area contributed by atoms with Crippen LogP contribution in [0.3, 0.4) is 0 Å². The molecule has 300 valence electrons. The molecule has 0 unspecified atom stereocenters. The summed E-state index contributed by atoms with van der Waals surface area (Å²) in [7, 11) is 0. The minimum absolute atomic E-state index is 1.12. The molecular weight excluding hydrogens is 773 g/mol. The highest BCUT2D eigenvalue weighted by atomic mass is 15.1. The SMILES string of the molecule is C(=Cc1ccc2cc(N(c3ccccc3)c3ccc4ccccc4c3)c3ccccc3c2c1)c1ccc2cc(N(c3ccccc3)c3ccc4ccccc4c3)c3ccccc3c2c1. The van der Waals surface area contributed by atoms with Crippen molar-refractivity contribution in [2.45, 2.75) is 0 Å². The van der Waals surface area contributed by atoms with Crippen LogP contribution < -0.4 is 9.80 Å². The zero-order valence-electron chi connectivity index (χ0n) is 35.1. The van der Waals surface area contributed by atoms with Crippen LogP contribution in [0, 0.1) is 0 Å². The molecular formula is C62H42N2. The van der Waals surface area contributed by atoms with Crippen LogP contribution in [0.2, 0.25) is 0 Å². The second-order valence-corrected chi connectivity index (χ2v) is 16.6. The first kappa shape index (κ1) is 37.3. The Kier molecular flexibility index (Phi) is 9.20. The molecule has 0 aliphatic carbocycles. The Balaban J connectivity index is 0.934. The molecule has 12 aromatic carbocycles. The lowest BCUT2D eigenvalue weighted by molar-refractivity contribution is 1.31. The fraction of sp³-hybridized carbons (Fsp3) is 0. The zero-order valence-corrected chi connectivity index (χ0v) is 35.1. The minimum atomic E-state index is 1.12. The van der Waals surface area contributed by atoms with Crippen LogP contribution in [-0.2, 0) is 0 Å². The topological polar surface area (TPSA) is 6.48 Å². The van der Waals surface area contributed by atoms with Gasteiger partial charge in [-0.2, -0.15) is 0 Å². The van der Waals surface area contributed by atoms with Crippen molar-refractivity contribution in [3.05, 3.63) is 254 Å². The van der Waals surface area contributed by atoms with E-state index in [1.54, 1.807) is 0 Å². The highest BCUT2D eigenvalue weighted by Crippen LogP contribution is 2.45. The molecule has 0 saturated heterocycles. The number of hydrogen-bond acceptors (Lipinski definition) is 2. The van der Waals surface area contributed by atoms with Gasteiger partial charge in [-0.3, -0.25) is 0 Å². The van der Waals surface area contributed by atoms with E-state index in [1.807, 2.05) is 0 Å². The van der Waals surface area contributed by atoms with Crippen LogP contribution in [0.5, 0.6) is 0 Å². The van der Waals surface area contributed by atoms with Crippen LogP contribution in [0.25, 0.3) is 76.8 Å². The third kappa shape index (κ3) is 6.70. The summed E-state index contributed by atoms with van der Waals surface area (Å²) in [6.45, 7) is 0. The summed E-state index contributed by atoms with van der Waals surface area (Å²) in [6.07, 6.45) is 4.50. The maximum absolute atomic E-state index is 2.40. The predicted octanol–water partition coefficient (Wildman–Crippen LogP) is 17.7. The summed E-state index contributed by atoms with van der Waals surface area (Å²) < 4.78 is 0. The van der Waals surface area contributed by atoms with E-state index in [9.17, 15) is 0 Å². The highest BCUT2D eigenvalue weighted by Gasteiger charge is 2.19. The number of anilines is 6. The molecule has 0 radical (unpaired) electrons. The number of rotatable bonds is 8. The van der Waals surface area contributed by atoms with Gasteiger partial charge in [-0.05, 0) is 138 Å². The van der Waals surface area contributed by atoms with E-state index < -0.39 is 0 Å². The van der Waals surface area contributed by atoms with Crippen molar-refractivity contribution in [1.29, 1.82) is 0 Å². The fourth-order valence-electron chi connectivity index (χ4n) is 9.61.